The van der Waals surface area contributed by atoms with E-state index in [-0.39, 0.29) is 0 Å². The minimum Gasteiger partial charge on any atom is -0.454 e. The van der Waals surface area contributed by atoms with E-state index in [4.69, 9.17) is 4.74 Å². The van der Waals surface area contributed by atoms with Gasteiger partial charge in [-0.1, -0.05) is 24.3 Å². The second kappa shape index (κ2) is 3.74. The van der Waals surface area contributed by atoms with E-state index in [0.717, 1.165) is 33.9 Å². The van der Waals surface area contributed by atoms with Crippen molar-refractivity contribution in [2.24, 2.45) is 4.99 Å². The Morgan fingerprint density at radius 1 is 0.882 bits per heavy atom. The first-order chi connectivity index (χ1) is 8.25. The molecule has 1 heterocycles. The maximum Gasteiger partial charge on any atom is 0.155 e. The van der Waals surface area contributed by atoms with Gasteiger partial charge in [0.15, 0.2) is 5.75 Å². The van der Waals surface area contributed by atoms with Crippen LogP contribution in [0.5, 0.6) is 11.5 Å². The molecule has 0 aliphatic carbocycles. The molecule has 0 saturated carbocycles. The van der Waals surface area contributed by atoms with Crippen molar-refractivity contribution >= 4 is 11.9 Å². The molecule has 2 nitrogen and oxygen atoms in total. The molecule has 17 heavy (non-hydrogen) atoms. The Labute approximate surface area is 101 Å². The molecule has 2 heteroatoms. The van der Waals surface area contributed by atoms with Crippen molar-refractivity contribution in [1.29, 1.82) is 0 Å². The summed E-state index contributed by atoms with van der Waals surface area (Å²) >= 11 is 0. The zero-order valence-corrected chi connectivity index (χ0v) is 9.90. The summed E-state index contributed by atoms with van der Waals surface area (Å²) in [5.41, 5.74) is 4.15. The average Bonchev–Trinajstić information content (AvgIpc) is 2.51. The monoisotopic (exact) mass is 223 g/mol. The van der Waals surface area contributed by atoms with Crippen molar-refractivity contribution in [1.82, 2.24) is 0 Å². The number of hydrogen-bond acceptors (Lipinski definition) is 2. The van der Waals surface area contributed by atoms with E-state index in [9.17, 15) is 0 Å². The summed E-state index contributed by atoms with van der Waals surface area (Å²) in [6, 6.07) is 12.1. The van der Waals surface area contributed by atoms with Crippen molar-refractivity contribution in [3.05, 3.63) is 53.1 Å². The minimum absolute atomic E-state index is 0.858. The van der Waals surface area contributed by atoms with Gasteiger partial charge in [-0.3, -0.25) is 4.99 Å². The first kappa shape index (κ1) is 10.1. The van der Waals surface area contributed by atoms with Crippen LogP contribution in [0.25, 0.3) is 0 Å². The number of aryl methyl sites for hydroxylation is 2. The highest BCUT2D eigenvalue weighted by atomic mass is 16.5. The maximum absolute atomic E-state index is 6.04. The standard InChI is InChI=1S/C15H13NO/c1-10-5-3-7-12-9-16-13-8-4-6-11(2)15(13)17-14(10)12/h3-9H,1-2H3. The predicted octanol–water partition coefficient (Wildman–Crippen LogP) is 4.16. The van der Waals surface area contributed by atoms with E-state index in [1.807, 2.05) is 43.5 Å². The zero-order valence-electron chi connectivity index (χ0n) is 9.90. The molecule has 3 rings (SSSR count). The Balaban J connectivity index is 2.24. The van der Waals surface area contributed by atoms with Gasteiger partial charge >= 0.3 is 0 Å². The molecule has 84 valence electrons. The normalized spacial score (nSPS) is 12.4. The fourth-order valence-electron chi connectivity index (χ4n) is 2.03. The van der Waals surface area contributed by atoms with Crippen molar-refractivity contribution in [2.45, 2.75) is 13.8 Å². The summed E-state index contributed by atoms with van der Waals surface area (Å²) < 4.78 is 6.04. The molecule has 0 spiro atoms. The molecule has 2 aromatic rings. The molecule has 0 bridgehead atoms. The van der Waals surface area contributed by atoms with E-state index in [0.29, 0.717) is 0 Å². The fraction of sp³-hybridized carbons (Fsp3) is 0.133. The van der Waals surface area contributed by atoms with Gasteiger partial charge in [0.05, 0.1) is 0 Å². The number of nitrogens with zero attached hydrogens (tertiary/aromatic N) is 1. The number of benzene rings is 2. The Bertz CT molecular complexity index is 561. The second-order valence-corrected chi connectivity index (χ2v) is 4.28. The van der Waals surface area contributed by atoms with Crippen LogP contribution >= 0.6 is 0 Å². The highest BCUT2D eigenvalue weighted by Crippen LogP contribution is 2.39. The van der Waals surface area contributed by atoms with Gasteiger partial charge in [0.1, 0.15) is 11.4 Å². The number of ether oxygens (including phenoxy) is 1. The van der Waals surface area contributed by atoms with Gasteiger partial charge in [-0.2, -0.15) is 0 Å². The summed E-state index contributed by atoms with van der Waals surface area (Å²) in [5.74, 6) is 1.76. The smallest absolute Gasteiger partial charge is 0.155 e. The lowest BCUT2D eigenvalue weighted by Crippen LogP contribution is -1.92. The Morgan fingerprint density at radius 3 is 2.41 bits per heavy atom. The number of aliphatic imine (C=N–C) groups is 1. The van der Waals surface area contributed by atoms with Crippen LogP contribution in [-0.4, -0.2) is 6.21 Å². The number of para-hydroxylation sites is 2. The largest absolute Gasteiger partial charge is 0.454 e. The van der Waals surface area contributed by atoms with Crippen LogP contribution in [0.3, 0.4) is 0 Å². The van der Waals surface area contributed by atoms with E-state index >= 15 is 0 Å². The number of hydrogen-bond donors (Lipinski definition) is 0. The lowest BCUT2D eigenvalue weighted by atomic mass is 10.1. The van der Waals surface area contributed by atoms with E-state index in [1.165, 1.54) is 0 Å². The van der Waals surface area contributed by atoms with Gasteiger partial charge in [0, 0.05) is 11.8 Å². The van der Waals surface area contributed by atoms with Crippen molar-refractivity contribution in [3.8, 4) is 11.5 Å². The van der Waals surface area contributed by atoms with Crippen molar-refractivity contribution < 1.29 is 4.74 Å². The topological polar surface area (TPSA) is 21.6 Å². The molecule has 0 atom stereocenters. The number of fused-ring (bicyclic) bond motifs is 2. The second-order valence-electron chi connectivity index (χ2n) is 4.28. The van der Waals surface area contributed by atoms with Crippen LogP contribution in [0.1, 0.15) is 16.7 Å². The predicted molar refractivity (Wildman–Crippen MR) is 69.7 cm³/mol. The summed E-state index contributed by atoms with van der Waals surface area (Å²) in [7, 11) is 0. The fourth-order valence-corrected chi connectivity index (χ4v) is 2.03. The molecule has 0 aromatic heterocycles. The van der Waals surface area contributed by atoms with Gasteiger partial charge in [-0.15, -0.1) is 0 Å². The van der Waals surface area contributed by atoms with Gasteiger partial charge in [0.2, 0.25) is 0 Å². The first-order valence-corrected chi connectivity index (χ1v) is 5.67. The zero-order chi connectivity index (χ0) is 11.8. The third-order valence-electron chi connectivity index (χ3n) is 2.98. The van der Waals surface area contributed by atoms with Gasteiger partial charge in [-0.25, -0.2) is 0 Å². The SMILES string of the molecule is Cc1cccc2c1Oc1c(C)cccc1N=C2. The maximum atomic E-state index is 6.04. The minimum atomic E-state index is 0.858. The van der Waals surface area contributed by atoms with E-state index in [1.54, 1.807) is 0 Å². The molecule has 0 saturated heterocycles. The quantitative estimate of drug-likeness (QED) is 0.560. The molecule has 0 amide bonds. The molecule has 0 N–H and O–H groups in total. The third kappa shape index (κ3) is 1.62. The van der Waals surface area contributed by atoms with Crippen LogP contribution < -0.4 is 4.74 Å². The van der Waals surface area contributed by atoms with Gasteiger partial charge in [0.25, 0.3) is 0 Å². The van der Waals surface area contributed by atoms with Crippen molar-refractivity contribution in [2.75, 3.05) is 0 Å². The summed E-state index contributed by atoms with van der Waals surface area (Å²) in [6.07, 6.45) is 1.87. The summed E-state index contributed by atoms with van der Waals surface area (Å²) in [6.45, 7) is 4.09. The first-order valence-electron chi connectivity index (χ1n) is 5.67. The van der Waals surface area contributed by atoms with Crippen molar-refractivity contribution in [3.63, 3.8) is 0 Å². The Hall–Kier alpha value is -2.09. The van der Waals surface area contributed by atoms with Crippen LogP contribution in [0, 0.1) is 13.8 Å². The molecular weight excluding hydrogens is 210 g/mol. The molecular formula is C15H13NO. The summed E-state index contributed by atoms with van der Waals surface area (Å²) in [4.78, 5) is 4.48. The molecule has 1 aliphatic heterocycles. The third-order valence-corrected chi connectivity index (χ3v) is 2.98. The van der Waals surface area contributed by atoms with E-state index in [2.05, 4.69) is 18.0 Å². The molecule has 2 aromatic carbocycles. The van der Waals surface area contributed by atoms with E-state index < -0.39 is 0 Å². The highest BCUT2D eigenvalue weighted by molar-refractivity contribution is 5.88. The molecule has 0 unspecified atom stereocenters. The van der Waals surface area contributed by atoms with Gasteiger partial charge in [-0.05, 0) is 37.1 Å². The molecule has 0 fully saturated rings. The molecule has 0 radical (unpaired) electrons. The van der Waals surface area contributed by atoms with Crippen LogP contribution in [0.15, 0.2) is 41.4 Å². The lowest BCUT2D eigenvalue weighted by molar-refractivity contribution is 0.477. The van der Waals surface area contributed by atoms with Crippen LogP contribution in [0.2, 0.25) is 0 Å². The Morgan fingerprint density at radius 2 is 1.59 bits per heavy atom. The number of rotatable bonds is 0. The highest BCUT2D eigenvalue weighted by Gasteiger charge is 2.14. The van der Waals surface area contributed by atoms with Gasteiger partial charge < -0.3 is 4.74 Å². The summed E-state index contributed by atoms with van der Waals surface area (Å²) in [5, 5.41) is 0. The van der Waals surface area contributed by atoms with Crippen LogP contribution in [0.4, 0.5) is 5.69 Å². The Kier molecular flexibility index (Phi) is 2.22. The lowest BCUT2D eigenvalue weighted by Gasteiger charge is -2.12. The van der Waals surface area contributed by atoms with Crippen LogP contribution in [-0.2, 0) is 0 Å². The average molecular weight is 223 g/mol. The molecule has 1 aliphatic rings.